The van der Waals surface area contributed by atoms with Gasteiger partial charge in [0.1, 0.15) is 0 Å². The third kappa shape index (κ3) is 4.34. The van der Waals surface area contributed by atoms with Crippen molar-refractivity contribution in [2.75, 3.05) is 18.5 Å². The smallest absolute Gasteiger partial charge is 0.417 e. The Morgan fingerprint density at radius 3 is 2.36 bits per heavy atom. The van der Waals surface area contributed by atoms with E-state index < -0.39 is 38.5 Å². The van der Waals surface area contributed by atoms with Crippen LogP contribution in [0, 0.1) is 5.92 Å². The van der Waals surface area contributed by atoms with E-state index in [1.807, 2.05) is 0 Å². The van der Waals surface area contributed by atoms with Crippen molar-refractivity contribution in [2.45, 2.75) is 18.0 Å². The second kappa shape index (κ2) is 6.13. The summed E-state index contributed by atoms with van der Waals surface area (Å²) >= 11 is 0. The number of carboxylic acid groups (broad SMARTS) is 1. The lowest BCUT2D eigenvalue weighted by Crippen LogP contribution is -2.29. The van der Waals surface area contributed by atoms with Crippen LogP contribution in [0.3, 0.4) is 0 Å². The maximum absolute atomic E-state index is 13.0. The number of hydrogen-bond acceptors (Lipinski definition) is 4. The minimum atomic E-state index is -4.91. The van der Waals surface area contributed by atoms with Gasteiger partial charge in [-0.15, -0.1) is 0 Å². The number of sulfonamides is 1. The van der Waals surface area contributed by atoms with Crippen molar-refractivity contribution in [2.24, 2.45) is 11.1 Å². The summed E-state index contributed by atoms with van der Waals surface area (Å²) in [5, 5.41) is 13.6. The van der Waals surface area contributed by atoms with Crippen LogP contribution in [0.15, 0.2) is 23.1 Å². The molecular formula is C12H15F3N2O4S. The van der Waals surface area contributed by atoms with Gasteiger partial charge in [0.05, 0.1) is 16.4 Å². The van der Waals surface area contributed by atoms with Crippen LogP contribution in [0.1, 0.15) is 12.5 Å². The number of aliphatic carboxylic acids is 1. The normalized spacial score (nSPS) is 13.7. The summed E-state index contributed by atoms with van der Waals surface area (Å²) < 4.78 is 61.4. The van der Waals surface area contributed by atoms with Gasteiger partial charge >= 0.3 is 12.1 Å². The Kier molecular flexibility index (Phi) is 5.08. The molecule has 0 spiro atoms. The zero-order valence-electron chi connectivity index (χ0n) is 11.8. The number of primary sulfonamides is 1. The SMILES string of the molecule is CC(CN(C)c1ccc(S(N)(=O)=O)c(C(F)(F)F)c1)C(=O)O. The van der Waals surface area contributed by atoms with Crippen molar-refractivity contribution in [3.05, 3.63) is 23.8 Å². The number of hydrogen-bond donors (Lipinski definition) is 2. The lowest BCUT2D eigenvalue weighted by atomic mass is 10.1. The van der Waals surface area contributed by atoms with Crippen molar-refractivity contribution in [3.8, 4) is 0 Å². The van der Waals surface area contributed by atoms with E-state index >= 15 is 0 Å². The van der Waals surface area contributed by atoms with Gasteiger partial charge in [0.25, 0.3) is 0 Å². The second-order valence-electron chi connectivity index (χ2n) is 4.84. The molecule has 0 radical (unpaired) electrons. The minimum absolute atomic E-state index is 0.0350. The Labute approximate surface area is 125 Å². The minimum Gasteiger partial charge on any atom is -0.481 e. The van der Waals surface area contributed by atoms with Gasteiger partial charge in [-0.25, -0.2) is 13.6 Å². The zero-order chi connectivity index (χ0) is 17.3. The van der Waals surface area contributed by atoms with Gasteiger partial charge in [0.15, 0.2) is 0 Å². The highest BCUT2D eigenvalue weighted by atomic mass is 32.2. The van der Waals surface area contributed by atoms with Crippen molar-refractivity contribution < 1.29 is 31.5 Å². The fourth-order valence-electron chi connectivity index (χ4n) is 1.82. The van der Waals surface area contributed by atoms with Gasteiger partial charge in [-0.1, -0.05) is 6.92 Å². The van der Waals surface area contributed by atoms with E-state index in [0.717, 1.165) is 12.1 Å². The molecule has 0 fully saturated rings. The average Bonchev–Trinajstić information content (AvgIpc) is 2.35. The van der Waals surface area contributed by atoms with E-state index in [1.54, 1.807) is 0 Å². The third-order valence-electron chi connectivity index (χ3n) is 2.99. The standard InChI is InChI=1S/C12H15F3N2O4S/c1-7(11(18)19)6-17(2)8-3-4-10(22(16,20)21)9(5-8)12(13,14)15/h3-5,7H,6H2,1-2H3,(H,18,19)(H2,16,20,21). The number of anilines is 1. The van der Waals surface area contributed by atoms with E-state index in [-0.39, 0.29) is 12.2 Å². The maximum Gasteiger partial charge on any atom is 0.417 e. The molecule has 22 heavy (non-hydrogen) atoms. The van der Waals surface area contributed by atoms with E-state index in [4.69, 9.17) is 10.2 Å². The number of benzene rings is 1. The first kappa shape index (κ1) is 18.2. The Morgan fingerprint density at radius 1 is 1.41 bits per heavy atom. The fraction of sp³-hybridized carbons (Fsp3) is 0.417. The van der Waals surface area contributed by atoms with Gasteiger partial charge in [-0.3, -0.25) is 4.79 Å². The number of nitrogens with two attached hydrogens (primary N) is 1. The van der Waals surface area contributed by atoms with Crippen molar-refractivity contribution in [1.82, 2.24) is 0 Å². The van der Waals surface area contributed by atoms with Gasteiger partial charge < -0.3 is 10.0 Å². The molecule has 0 saturated carbocycles. The molecule has 0 aliphatic heterocycles. The predicted molar refractivity (Wildman–Crippen MR) is 72.9 cm³/mol. The average molecular weight is 340 g/mol. The second-order valence-corrected chi connectivity index (χ2v) is 6.37. The molecule has 1 aromatic rings. The van der Waals surface area contributed by atoms with Crippen LogP contribution in [0.2, 0.25) is 0 Å². The molecular weight excluding hydrogens is 325 g/mol. The molecule has 1 unspecified atom stereocenters. The fourth-order valence-corrected chi connectivity index (χ4v) is 2.56. The lowest BCUT2D eigenvalue weighted by Gasteiger charge is -2.23. The summed E-state index contributed by atoms with van der Waals surface area (Å²) in [5.74, 6) is -1.90. The van der Waals surface area contributed by atoms with Gasteiger partial charge in [-0.05, 0) is 18.2 Å². The molecule has 1 rings (SSSR count). The quantitative estimate of drug-likeness (QED) is 0.846. The predicted octanol–water partition coefficient (Wildman–Crippen LogP) is 1.51. The number of carboxylic acids is 1. The molecule has 6 nitrogen and oxygen atoms in total. The molecule has 0 aromatic heterocycles. The number of alkyl halides is 3. The number of halogens is 3. The van der Waals surface area contributed by atoms with Crippen LogP contribution in [-0.2, 0) is 21.0 Å². The summed E-state index contributed by atoms with van der Waals surface area (Å²) in [5.41, 5.74) is -1.35. The summed E-state index contributed by atoms with van der Waals surface area (Å²) in [4.78, 5) is 11.0. The first-order chi connectivity index (χ1) is 9.84. The largest absolute Gasteiger partial charge is 0.481 e. The topological polar surface area (TPSA) is 101 Å². The molecule has 0 aliphatic rings. The van der Waals surface area contributed by atoms with E-state index in [9.17, 15) is 26.4 Å². The Morgan fingerprint density at radius 2 is 1.95 bits per heavy atom. The van der Waals surface area contributed by atoms with Crippen molar-refractivity contribution in [3.63, 3.8) is 0 Å². The van der Waals surface area contributed by atoms with E-state index in [1.165, 1.54) is 18.9 Å². The monoisotopic (exact) mass is 340 g/mol. The van der Waals surface area contributed by atoms with E-state index in [0.29, 0.717) is 6.07 Å². The summed E-state index contributed by atoms with van der Waals surface area (Å²) in [6.45, 7) is 1.36. The van der Waals surface area contributed by atoms with Crippen LogP contribution >= 0.6 is 0 Å². The molecule has 0 amide bonds. The molecule has 0 bridgehead atoms. The zero-order valence-corrected chi connectivity index (χ0v) is 12.6. The van der Waals surface area contributed by atoms with Crippen LogP contribution in [0.5, 0.6) is 0 Å². The van der Waals surface area contributed by atoms with Crippen molar-refractivity contribution >= 4 is 21.7 Å². The van der Waals surface area contributed by atoms with E-state index in [2.05, 4.69) is 0 Å². The lowest BCUT2D eigenvalue weighted by molar-refractivity contribution is -0.141. The molecule has 0 saturated heterocycles. The maximum atomic E-state index is 13.0. The van der Waals surface area contributed by atoms with Gasteiger partial charge in [0, 0.05) is 19.3 Å². The molecule has 0 aliphatic carbocycles. The van der Waals surface area contributed by atoms with Crippen LogP contribution in [-0.4, -0.2) is 33.1 Å². The summed E-state index contributed by atoms with van der Waals surface area (Å²) in [6.07, 6.45) is -4.91. The van der Waals surface area contributed by atoms with Crippen LogP contribution in [0.4, 0.5) is 18.9 Å². The van der Waals surface area contributed by atoms with Gasteiger partial charge in [-0.2, -0.15) is 13.2 Å². The highest BCUT2D eigenvalue weighted by Crippen LogP contribution is 2.36. The molecule has 0 heterocycles. The number of nitrogens with zero attached hydrogens (tertiary/aromatic N) is 1. The number of carbonyl (C=O) groups is 1. The molecule has 1 aromatic carbocycles. The molecule has 3 N–H and O–H groups in total. The first-order valence-corrected chi connectivity index (χ1v) is 7.56. The summed E-state index contributed by atoms with van der Waals surface area (Å²) in [6, 6.07) is 2.54. The highest BCUT2D eigenvalue weighted by Gasteiger charge is 2.37. The number of rotatable bonds is 5. The van der Waals surface area contributed by atoms with Gasteiger partial charge in [0.2, 0.25) is 10.0 Å². The van der Waals surface area contributed by atoms with Crippen LogP contribution in [0.25, 0.3) is 0 Å². The molecule has 1 atom stereocenters. The summed E-state index contributed by atoms with van der Waals surface area (Å²) in [7, 11) is -3.12. The molecule has 10 heteroatoms. The Hall–Kier alpha value is -1.81. The molecule has 124 valence electrons. The highest BCUT2D eigenvalue weighted by molar-refractivity contribution is 7.89. The first-order valence-electron chi connectivity index (χ1n) is 6.02. The Bertz CT molecular complexity index is 673. The van der Waals surface area contributed by atoms with Crippen LogP contribution < -0.4 is 10.0 Å². The Balaban J connectivity index is 3.29. The van der Waals surface area contributed by atoms with Crippen molar-refractivity contribution in [1.29, 1.82) is 0 Å². The third-order valence-corrected chi connectivity index (χ3v) is 3.95.